The van der Waals surface area contributed by atoms with E-state index < -0.39 is 0 Å². The normalized spacial score (nSPS) is 16.4. The minimum Gasteiger partial charge on any atom is -0.356 e. The van der Waals surface area contributed by atoms with Crippen molar-refractivity contribution in [3.63, 3.8) is 0 Å². The topological polar surface area (TPSA) is 86.1 Å². The zero-order valence-electron chi connectivity index (χ0n) is 16.0. The van der Waals surface area contributed by atoms with Crippen LogP contribution in [0, 0.1) is 11.3 Å². The third-order valence-electron chi connectivity index (χ3n) is 4.89. The fourth-order valence-corrected chi connectivity index (χ4v) is 4.33. The van der Waals surface area contributed by atoms with Crippen molar-refractivity contribution in [1.29, 1.82) is 5.26 Å². The number of amides is 2. The number of thiazole rings is 1. The van der Waals surface area contributed by atoms with E-state index in [9.17, 15) is 9.59 Å². The van der Waals surface area contributed by atoms with Gasteiger partial charge in [0.1, 0.15) is 0 Å². The summed E-state index contributed by atoms with van der Waals surface area (Å²) >= 11 is 1.63. The number of carbonyl (C=O) groups excluding carboxylic acids is 2. The Morgan fingerprint density at radius 2 is 2.29 bits per heavy atom. The van der Waals surface area contributed by atoms with Gasteiger partial charge in [0.2, 0.25) is 5.91 Å². The molecular formula is C21H24N4O2S. The summed E-state index contributed by atoms with van der Waals surface area (Å²) in [5, 5.41) is 15.0. The SMILES string of the molecule is CCC(=O)NCCc1csc([C@@H]2CCCN(C(=O)c3cccc(C#N)c3)C2)n1. The Morgan fingerprint density at radius 1 is 1.43 bits per heavy atom. The van der Waals surface area contributed by atoms with Crippen molar-refractivity contribution in [3.05, 3.63) is 51.5 Å². The number of nitrogens with one attached hydrogen (secondary N) is 1. The van der Waals surface area contributed by atoms with Gasteiger partial charge >= 0.3 is 0 Å². The van der Waals surface area contributed by atoms with E-state index in [1.165, 1.54) is 0 Å². The highest BCUT2D eigenvalue weighted by atomic mass is 32.1. The van der Waals surface area contributed by atoms with Crippen molar-refractivity contribution in [2.45, 2.75) is 38.5 Å². The summed E-state index contributed by atoms with van der Waals surface area (Å²) in [6, 6.07) is 8.95. The first kappa shape index (κ1) is 20.0. The molecule has 1 saturated heterocycles. The van der Waals surface area contributed by atoms with E-state index in [0.717, 1.165) is 36.5 Å². The van der Waals surface area contributed by atoms with Crippen LogP contribution in [0.5, 0.6) is 0 Å². The van der Waals surface area contributed by atoms with Crippen LogP contribution in [0.1, 0.15) is 58.7 Å². The van der Waals surface area contributed by atoms with Crippen molar-refractivity contribution < 1.29 is 9.59 Å². The molecule has 0 spiro atoms. The third-order valence-corrected chi connectivity index (χ3v) is 5.95. The molecule has 0 unspecified atom stereocenters. The molecule has 0 radical (unpaired) electrons. The van der Waals surface area contributed by atoms with Crippen LogP contribution in [-0.4, -0.2) is 41.3 Å². The zero-order chi connectivity index (χ0) is 19.9. The summed E-state index contributed by atoms with van der Waals surface area (Å²) in [4.78, 5) is 30.8. The van der Waals surface area contributed by atoms with Gasteiger partial charge in [0.05, 0.1) is 22.3 Å². The molecule has 1 aliphatic rings. The lowest BCUT2D eigenvalue weighted by molar-refractivity contribution is -0.120. The van der Waals surface area contributed by atoms with Crippen LogP contribution >= 0.6 is 11.3 Å². The maximum atomic E-state index is 12.8. The van der Waals surface area contributed by atoms with Gasteiger partial charge in [0, 0.05) is 49.3 Å². The lowest BCUT2D eigenvalue weighted by Crippen LogP contribution is -2.39. The molecule has 1 atom stereocenters. The van der Waals surface area contributed by atoms with Crippen LogP contribution in [0.3, 0.4) is 0 Å². The molecule has 2 aromatic rings. The Labute approximate surface area is 169 Å². The number of carbonyl (C=O) groups is 2. The average Bonchev–Trinajstić information content (AvgIpc) is 3.22. The molecule has 3 rings (SSSR count). The molecule has 28 heavy (non-hydrogen) atoms. The molecular weight excluding hydrogens is 372 g/mol. The summed E-state index contributed by atoms with van der Waals surface area (Å²) in [6.45, 7) is 3.81. The van der Waals surface area contributed by atoms with Gasteiger partial charge < -0.3 is 10.2 Å². The fourth-order valence-electron chi connectivity index (χ4n) is 3.35. The molecule has 1 aromatic carbocycles. The van der Waals surface area contributed by atoms with Crippen molar-refractivity contribution in [1.82, 2.24) is 15.2 Å². The molecule has 2 amide bonds. The summed E-state index contributed by atoms with van der Waals surface area (Å²) < 4.78 is 0. The number of nitrogens with zero attached hydrogens (tertiary/aromatic N) is 3. The molecule has 1 aromatic heterocycles. The predicted molar refractivity (Wildman–Crippen MR) is 108 cm³/mol. The zero-order valence-corrected chi connectivity index (χ0v) is 16.8. The molecule has 0 aliphatic carbocycles. The fraction of sp³-hybridized carbons (Fsp3) is 0.429. The number of rotatable bonds is 6. The van der Waals surface area contributed by atoms with E-state index in [4.69, 9.17) is 10.2 Å². The number of hydrogen-bond donors (Lipinski definition) is 1. The van der Waals surface area contributed by atoms with Crippen LogP contribution in [0.25, 0.3) is 0 Å². The Balaban J connectivity index is 1.61. The molecule has 7 heteroatoms. The van der Waals surface area contributed by atoms with Crippen molar-refractivity contribution in [2.24, 2.45) is 0 Å². The predicted octanol–water partition coefficient (Wildman–Crippen LogP) is 3.10. The maximum absolute atomic E-state index is 12.8. The average molecular weight is 397 g/mol. The number of likely N-dealkylation sites (tertiary alicyclic amines) is 1. The van der Waals surface area contributed by atoms with Crippen LogP contribution < -0.4 is 5.32 Å². The maximum Gasteiger partial charge on any atom is 0.253 e. The van der Waals surface area contributed by atoms with E-state index in [0.29, 0.717) is 30.6 Å². The van der Waals surface area contributed by atoms with Crippen LogP contribution in [0.15, 0.2) is 29.6 Å². The van der Waals surface area contributed by atoms with Crippen molar-refractivity contribution in [2.75, 3.05) is 19.6 Å². The van der Waals surface area contributed by atoms with Crippen LogP contribution in [0.2, 0.25) is 0 Å². The second-order valence-corrected chi connectivity index (χ2v) is 7.80. The lowest BCUT2D eigenvalue weighted by Gasteiger charge is -2.32. The van der Waals surface area contributed by atoms with Gasteiger partial charge in [-0.3, -0.25) is 9.59 Å². The van der Waals surface area contributed by atoms with Gasteiger partial charge in [-0.25, -0.2) is 4.98 Å². The first-order valence-corrected chi connectivity index (χ1v) is 10.5. The highest BCUT2D eigenvalue weighted by Gasteiger charge is 2.27. The molecule has 1 fully saturated rings. The second-order valence-electron chi connectivity index (χ2n) is 6.91. The second kappa shape index (κ2) is 9.47. The first-order valence-electron chi connectivity index (χ1n) is 9.61. The quantitative estimate of drug-likeness (QED) is 0.813. The number of aromatic nitrogens is 1. The Bertz CT molecular complexity index is 887. The largest absolute Gasteiger partial charge is 0.356 e. The standard InChI is InChI=1S/C21H24N4O2S/c1-2-19(26)23-9-8-18-14-28-20(24-18)17-7-4-10-25(13-17)21(27)16-6-3-5-15(11-16)12-22/h3,5-6,11,14,17H,2,4,7-10,13H2,1H3,(H,23,26)/t17-/m1/s1. The molecule has 6 nitrogen and oxygen atoms in total. The van der Waals surface area contributed by atoms with E-state index in [1.54, 1.807) is 35.6 Å². The van der Waals surface area contributed by atoms with Gasteiger partial charge in [-0.1, -0.05) is 13.0 Å². The van der Waals surface area contributed by atoms with Gasteiger partial charge in [0.15, 0.2) is 0 Å². The Kier molecular flexibility index (Phi) is 6.77. The van der Waals surface area contributed by atoms with E-state index >= 15 is 0 Å². The number of piperidine rings is 1. The van der Waals surface area contributed by atoms with E-state index in [-0.39, 0.29) is 17.7 Å². The molecule has 2 heterocycles. The number of nitriles is 1. The minimum atomic E-state index is -0.0270. The smallest absolute Gasteiger partial charge is 0.253 e. The summed E-state index contributed by atoms with van der Waals surface area (Å²) in [5.41, 5.74) is 2.05. The van der Waals surface area contributed by atoms with Crippen LogP contribution in [0.4, 0.5) is 0 Å². The number of hydrogen-bond acceptors (Lipinski definition) is 5. The van der Waals surface area contributed by atoms with E-state index in [2.05, 4.69) is 11.4 Å². The highest BCUT2D eigenvalue weighted by Crippen LogP contribution is 2.30. The summed E-state index contributed by atoms with van der Waals surface area (Å²) in [5.74, 6) is 0.263. The summed E-state index contributed by atoms with van der Waals surface area (Å²) in [6.07, 6.45) is 3.17. The lowest BCUT2D eigenvalue weighted by atomic mass is 9.97. The molecule has 146 valence electrons. The van der Waals surface area contributed by atoms with Gasteiger partial charge in [-0.05, 0) is 31.0 Å². The van der Waals surface area contributed by atoms with Gasteiger partial charge in [0.25, 0.3) is 5.91 Å². The summed E-state index contributed by atoms with van der Waals surface area (Å²) in [7, 11) is 0. The minimum absolute atomic E-state index is 0.0270. The first-order chi connectivity index (χ1) is 13.6. The van der Waals surface area contributed by atoms with Crippen molar-refractivity contribution >= 4 is 23.2 Å². The Morgan fingerprint density at radius 3 is 3.07 bits per heavy atom. The Hall–Kier alpha value is -2.72. The molecule has 1 aliphatic heterocycles. The third kappa shape index (κ3) is 4.96. The van der Waals surface area contributed by atoms with Crippen LogP contribution in [-0.2, 0) is 11.2 Å². The monoisotopic (exact) mass is 396 g/mol. The molecule has 0 bridgehead atoms. The van der Waals surface area contributed by atoms with Gasteiger partial charge in [-0.15, -0.1) is 11.3 Å². The highest BCUT2D eigenvalue weighted by molar-refractivity contribution is 7.09. The van der Waals surface area contributed by atoms with E-state index in [1.807, 2.05) is 17.2 Å². The number of benzene rings is 1. The van der Waals surface area contributed by atoms with Crippen molar-refractivity contribution in [3.8, 4) is 6.07 Å². The molecule has 1 N–H and O–H groups in total. The van der Waals surface area contributed by atoms with Gasteiger partial charge in [-0.2, -0.15) is 5.26 Å². The molecule has 0 saturated carbocycles.